The first-order chi connectivity index (χ1) is 12.7. The van der Waals surface area contributed by atoms with Crippen LogP contribution in [0.1, 0.15) is 12.5 Å². The summed E-state index contributed by atoms with van der Waals surface area (Å²) in [6, 6.07) is 13.1. The van der Waals surface area contributed by atoms with Gasteiger partial charge in [0.25, 0.3) is 16.0 Å². The molecule has 8 nitrogen and oxygen atoms in total. The molecule has 0 aliphatic carbocycles. The molecule has 3 rings (SSSR count). The van der Waals surface area contributed by atoms with Gasteiger partial charge in [-0.3, -0.25) is 9.35 Å². The van der Waals surface area contributed by atoms with Crippen molar-refractivity contribution in [2.75, 3.05) is 24.0 Å². The number of amides is 1. The third kappa shape index (κ3) is 4.28. The maximum atomic E-state index is 12.7. The molecular formula is C19H22N4O4S. The number of hydrazone groups is 1. The average Bonchev–Trinajstić information content (AvgIpc) is 2.90. The Labute approximate surface area is 164 Å². The van der Waals surface area contributed by atoms with Gasteiger partial charge in [0.05, 0.1) is 21.9 Å². The molecule has 0 unspecified atom stereocenters. The summed E-state index contributed by atoms with van der Waals surface area (Å²) in [4.78, 5) is 14.5. The standard InChI is InChI=1S/C19H19N3O4S.H3N/c1-13-18(12-14-4-6-15(7-5-14)21(2)3)19(23)22(20-13)16-8-10-17(11-9-16)27(24,25)26;/h4-12H,1-3H3,(H,24,25,26);1H3. The number of anilines is 2. The van der Waals surface area contributed by atoms with E-state index in [9.17, 15) is 13.2 Å². The number of hydrogen-bond acceptors (Lipinski definition) is 6. The van der Waals surface area contributed by atoms with E-state index in [2.05, 4.69) is 5.10 Å². The molecule has 4 N–H and O–H groups in total. The quantitative estimate of drug-likeness (QED) is 0.598. The van der Waals surface area contributed by atoms with Crippen molar-refractivity contribution in [2.24, 2.45) is 5.10 Å². The highest BCUT2D eigenvalue weighted by molar-refractivity contribution is 7.85. The second-order valence-corrected chi connectivity index (χ2v) is 7.74. The van der Waals surface area contributed by atoms with Crippen LogP contribution in [-0.4, -0.2) is 38.7 Å². The molecule has 0 atom stereocenters. The minimum Gasteiger partial charge on any atom is -0.378 e. The smallest absolute Gasteiger partial charge is 0.294 e. The summed E-state index contributed by atoms with van der Waals surface area (Å²) < 4.78 is 31.3. The largest absolute Gasteiger partial charge is 0.378 e. The van der Waals surface area contributed by atoms with E-state index in [1.807, 2.05) is 43.3 Å². The van der Waals surface area contributed by atoms with Gasteiger partial charge in [0.1, 0.15) is 0 Å². The van der Waals surface area contributed by atoms with Crippen molar-refractivity contribution in [1.82, 2.24) is 6.15 Å². The summed E-state index contributed by atoms with van der Waals surface area (Å²) in [6.45, 7) is 1.74. The van der Waals surface area contributed by atoms with Crippen molar-refractivity contribution in [3.63, 3.8) is 0 Å². The van der Waals surface area contributed by atoms with E-state index >= 15 is 0 Å². The molecule has 0 saturated carbocycles. The fraction of sp³-hybridized carbons (Fsp3) is 0.158. The first-order valence-corrected chi connectivity index (χ1v) is 9.57. The molecule has 0 radical (unpaired) electrons. The molecule has 0 aromatic heterocycles. The van der Waals surface area contributed by atoms with Crippen LogP contribution in [0.2, 0.25) is 0 Å². The van der Waals surface area contributed by atoms with Gasteiger partial charge in [0, 0.05) is 19.8 Å². The minimum absolute atomic E-state index is 0. The zero-order valence-electron chi connectivity index (χ0n) is 15.8. The van der Waals surface area contributed by atoms with Crippen LogP contribution in [0.3, 0.4) is 0 Å². The Kier molecular flexibility index (Phi) is 6.03. The van der Waals surface area contributed by atoms with Crippen molar-refractivity contribution in [3.8, 4) is 0 Å². The van der Waals surface area contributed by atoms with E-state index < -0.39 is 10.1 Å². The Hall–Kier alpha value is -3.01. The Morgan fingerprint density at radius 2 is 1.61 bits per heavy atom. The van der Waals surface area contributed by atoms with Crippen LogP contribution in [-0.2, 0) is 14.9 Å². The van der Waals surface area contributed by atoms with Gasteiger partial charge in [-0.05, 0) is 55.0 Å². The summed E-state index contributed by atoms with van der Waals surface area (Å²) in [7, 11) is -0.374. The lowest BCUT2D eigenvalue weighted by Gasteiger charge is -2.12. The average molecular weight is 402 g/mol. The molecule has 1 aliphatic heterocycles. The minimum atomic E-state index is -4.28. The predicted molar refractivity (Wildman–Crippen MR) is 111 cm³/mol. The van der Waals surface area contributed by atoms with Gasteiger partial charge in [0.15, 0.2) is 0 Å². The van der Waals surface area contributed by atoms with Crippen LogP contribution in [0.5, 0.6) is 0 Å². The van der Waals surface area contributed by atoms with Gasteiger partial charge in [-0.2, -0.15) is 18.5 Å². The maximum absolute atomic E-state index is 12.7. The van der Waals surface area contributed by atoms with Crippen molar-refractivity contribution >= 4 is 39.2 Å². The molecule has 148 valence electrons. The van der Waals surface area contributed by atoms with E-state index in [0.717, 1.165) is 11.3 Å². The van der Waals surface area contributed by atoms with Gasteiger partial charge in [-0.25, -0.2) is 0 Å². The van der Waals surface area contributed by atoms with Crippen LogP contribution in [0.4, 0.5) is 11.4 Å². The van der Waals surface area contributed by atoms with Gasteiger partial charge >= 0.3 is 0 Å². The first-order valence-electron chi connectivity index (χ1n) is 8.13. The van der Waals surface area contributed by atoms with E-state index in [1.165, 1.54) is 29.3 Å². The summed E-state index contributed by atoms with van der Waals surface area (Å²) in [5.74, 6) is -0.302. The topological polar surface area (TPSA) is 125 Å². The Morgan fingerprint density at radius 3 is 2.11 bits per heavy atom. The van der Waals surface area contributed by atoms with E-state index in [0.29, 0.717) is 17.0 Å². The third-order valence-corrected chi connectivity index (χ3v) is 5.03. The van der Waals surface area contributed by atoms with Gasteiger partial charge in [0.2, 0.25) is 0 Å². The van der Waals surface area contributed by atoms with Crippen molar-refractivity contribution in [3.05, 3.63) is 59.7 Å². The Balaban J connectivity index is 0.00000280. The molecule has 1 amide bonds. The fourth-order valence-electron chi connectivity index (χ4n) is 2.65. The van der Waals surface area contributed by atoms with E-state index in [1.54, 1.807) is 13.0 Å². The first kappa shape index (κ1) is 21.3. The normalized spacial score (nSPS) is 15.4. The number of hydrogen-bond donors (Lipinski definition) is 2. The zero-order chi connectivity index (χ0) is 19.8. The molecule has 0 fully saturated rings. The Morgan fingerprint density at radius 1 is 1.04 bits per heavy atom. The second kappa shape index (κ2) is 7.93. The number of carbonyl (C=O) groups excluding carboxylic acids is 1. The monoisotopic (exact) mass is 402 g/mol. The molecular weight excluding hydrogens is 380 g/mol. The number of benzene rings is 2. The molecule has 1 aliphatic rings. The van der Waals surface area contributed by atoms with Gasteiger partial charge in [-0.1, -0.05) is 12.1 Å². The van der Waals surface area contributed by atoms with Crippen LogP contribution in [0, 0.1) is 0 Å². The molecule has 28 heavy (non-hydrogen) atoms. The molecule has 0 spiro atoms. The fourth-order valence-corrected chi connectivity index (χ4v) is 3.13. The van der Waals surface area contributed by atoms with E-state index in [4.69, 9.17) is 4.55 Å². The van der Waals surface area contributed by atoms with Crippen LogP contribution in [0.15, 0.2) is 64.1 Å². The van der Waals surface area contributed by atoms with Gasteiger partial charge in [-0.15, -0.1) is 0 Å². The van der Waals surface area contributed by atoms with Crippen molar-refractivity contribution < 1.29 is 17.8 Å². The van der Waals surface area contributed by atoms with E-state index in [-0.39, 0.29) is 17.0 Å². The lowest BCUT2D eigenvalue weighted by molar-refractivity contribution is -0.114. The third-order valence-electron chi connectivity index (χ3n) is 4.16. The highest BCUT2D eigenvalue weighted by Crippen LogP contribution is 2.26. The SMILES string of the molecule is CC1=NN(c2ccc(S(=O)(=O)O)cc2)C(=O)C1=Cc1ccc(N(C)C)cc1.N. The Bertz CT molecular complexity index is 1040. The number of rotatable bonds is 4. The second-order valence-electron chi connectivity index (χ2n) is 6.32. The lowest BCUT2D eigenvalue weighted by atomic mass is 10.1. The predicted octanol–water partition coefficient (Wildman–Crippen LogP) is 2.97. The van der Waals surface area contributed by atoms with Gasteiger partial charge < -0.3 is 11.1 Å². The highest BCUT2D eigenvalue weighted by atomic mass is 32.2. The highest BCUT2D eigenvalue weighted by Gasteiger charge is 2.28. The molecule has 0 bridgehead atoms. The van der Waals surface area contributed by atoms with Crippen molar-refractivity contribution in [2.45, 2.75) is 11.8 Å². The number of nitrogens with zero attached hydrogens (tertiary/aromatic N) is 3. The molecule has 1 heterocycles. The zero-order valence-corrected chi connectivity index (χ0v) is 16.6. The lowest BCUT2D eigenvalue weighted by Crippen LogP contribution is -2.21. The molecule has 2 aromatic carbocycles. The summed E-state index contributed by atoms with van der Waals surface area (Å²) in [5, 5.41) is 5.48. The molecule has 0 saturated heterocycles. The number of carbonyl (C=O) groups is 1. The van der Waals surface area contributed by atoms with Crippen molar-refractivity contribution in [1.29, 1.82) is 0 Å². The summed E-state index contributed by atoms with van der Waals surface area (Å²) in [6.07, 6.45) is 1.77. The van der Waals surface area contributed by atoms with Crippen LogP contribution in [0.25, 0.3) is 6.08 Å². The van der Waals surface area contributed by atoms with Crippen LogP contribution >= 0.6 is 0 Å². The maximum Gasteiger partial charge on any atom is 0.294 e. The molecule has 2 aromatic rings. The molecule has 9 heteroatoms. The summed E-state index contributed by atoms with van der Waals surface area (Å²) in [5.41, 5.74) is 3.38. The van der Waals surface area contributed by atoms with Crippen LogP contribution < -0.4 is 16.1 Å². The summed E-state index contributed by atoms with van der Waals surface area (Å²) >= 11 is 0.